The highest BCUT2D eigenvalue weighted by Crippen LogP contribution is 2.47. The van der Waals surface area contributed by atoms with E-state index in [1.165, 1.54) is 45.1 Å². The zero-order valence-electron chi connectivity index (χ0n) is 9.58. The van der Waals surface area contributed by atoms with Crippen molar-refractivity contribution in [3.05, 3.63) is 0 Å². The Morgan fingerprint density at radius 2 is 2.07 bits per heavy atom. The molecule has 2 heteroatoms. The third-order valence-corrected chi connectivity index (χ3v) is 4.69. The molecule has 1 N–H and O–H groups in total. The molecule has 0 aromatic rings. The van der Waals surface area contributed by atoms with E-state index in [2.05, 4.69) is 5.32 Å². The average Bonchev–Trinajstić information content (AvgIpc) is 2.93. The minimum Gasteiger partial charge on any atom is -0.377 e. The summed E-state index contributed by atoms with van der Waals surface area (Å²) in [6.07, 6.45) is 9.12. The number of hydrogen-bond acceptors (Lipinski definition) is 2. The average molecular weight is 209 g/mol. The van der Waals surface area contributed by atoms with Gasteiger partial charge in [0.05, 0.1) is 6.10 Å². The van der Waals surface area contributed by atoms with Gasteiger partial charge in [-0.25, -0.2) is 0 Å². The van der Waals surface area contributed by atoms with Gasteiger partial charge in [-0.3, -0.25) is 0 Å². The summed E-state index contributed by atoms with van der Waals surface area (Å²) < 4.78 is 5.62. The summed E-state index contributed by atoms with van der Waals surface area (Å²) >= 11 is 0. The lowest BCUT2D eigenvalue weighted by molar-refractivity contribution is 0.108. The molecule has 2 nitrogen and oxygen atoms in total. The summed E-state index contributed by atoms with van der Waals surface area (Å²) in [5.41, 5.74) is 0. The molecule has 0 spiro atoms. The van der Waals surface area contributed by atoms with Crippen molar-refractivity contribution in [2.24, 2.45) is 17.8 Å². The zero-order valence-corrected chi connectivity index (χ0v) is 9.58. The molecule has 3 rings (SSSR count). The molecule has 1 aliphatic heterocycles. The summed E-state index contributed by atoms with van der Waals surface area (Å²) in [5, 5.41) is 3.63. The Bertz CT molecular complexity index is 213. The van der Waals surface area contributed by atoms with Gasteiger partial charge in [0.2, 0.25) is 0 Å². The number of rotatable bonds is 4. The van der Waals surface area contributed by atoms with E-state index in [1.807, 2.05) is 0 Å². The number of ether oxygens (including phenoxy) is 1. The quantitative estimate of drug-likeness (QED) is 0.766. The van der Waals surface area contributed by atoms with Crippen LogP contribution in [0.2, 0.25) is 0 Å². The van der Waals surface area contributed by atoms with Crippen LogP contribution in [-0.2, 0) is 4.74 Å². The Labute approximate surface area is 92.8 Å². The van der Waals surface area contributed by atoms with E-state index < -0.39 is 0 Å². The first kappa shape index (κ1) is 10.1. The molecule has 1 heterocycles. The van der Waals surface area contributed by atoms with Gasteiger partial charge in [-0.1, -0.05) is 6.42 Å². The van der Waals surface area contributed by atoms with E-state index in [4.69, 9.17) is 4.74 Å². The van der Waals surface area contributed by atoms with Crippen LogP contribution in [0.15, 0.2) is 0 Å². The molecule has 2 bridgehead atoms. The molecular weight excluding hydrogens is 186 g/mol. The molecule has 4 unspecified atom stereocenters. The number of nitrogens with one attached hydrogen (secondary N) is 1. The van der Waals surface area contributed by atoms with Crippen molar-refractivity contribution in [2.45, 2.75) is 44.6 Å². The third-order valence-electron chi connectivity index (χ3n) is 4.69. The second-order valence-electron chi connectivity index (χ2n) is 5.73. The Kier molecular flexibility index (Phi) is 2.98. The van der Waals surface area contributed by atoms with E-state index in [0.29, 0.717) is 6.10 Å². The van der Waals surface area contributed by atoms with Crippen molar-refractivity contribution in [3.63, 3.8) is 0 Å². The lowest BCUT2D eigenvalue weighted by Gasteiger charge is -2.22. The van der Waals surface area contributed by atoms with Crippen LogP contribution in [-0.4, -0.2) is 25.8 Å². The summed E-state index contributed by atoms with van der Waals surface area (Å²) in [4.78, 5) is 0. The molecule has 0 aromatic heterocycles. The van der Waals surface area contributed by atoms with Crippen LogP contribution in [0.4, 0.5) is 0 Å². The van der Waals surface area contributed by atoms with Gasteiger partial charge < -0.3 is 10.1 Å². The SMILES string of the molecule is C1COC(CNCC2CC3CCC2C3)C1. The summed E-state index contributed by atoms with van der Waals surface area (Å²) in [6.45, 7) is 3.33. The van der Waals surface area contributed by atoms with Crippen molar-refractivity contribution in [2.75, 3.05) is 19.7 Å². The molecule has 1 saturated heterocycles. The van der Waals surface area contributed by atoms with E-state index in [-0.39, 0.29) is 0 Å². The van der Waals surface area contributed by atoms with E-state index >= 15 is 0 Å². The second kappa shape index (κ2) is 4.42. The van der Waals surface area contributed by atoms with Crippen LogP contribution >= 0.6 is 0 Å². The molecule has 0 radical (unpaired) electrons. The molecule has 3 fully saturated rings. The molecule has 2 saturated carbocycles. The molecule has 2 aliphatic carbocycles. The highest BCUT2D eigenvalue weighted by atomic mass is 16.5. The van der Waals surface area contributed by atoms with E-state index in [0.717, 1.165) is 30.9 Å². The molecule has 15 heavy (non-hydrogen) atoms. The smallest absolute Gasteiger partial charge is 0.0700 e. The van der Waals surface area contributed by atoms with Crippen molar-refractivity contribution >= 4 is 0 Å². The molecule has 4 atom stereocenters. The van der Waals surface area contributed by atoms with Crippen molar-refractivity contribution < 1.29 is 4.74 Å². The maximum absolute atomic E-state index is 5.62. The predicted molar refractivity (Wildman–Crippen MR) is 60.8 cm³/mol. The van der Waals surface area contributed by atoms with Gasteiger partial charge in [0, 0.05) is 13.2 Å². The van der Waals surface area contributed by atoms with Gasteiger partial charge in [-0.2, -0.15) is 0 Å². The van der Waals surface area contributed by atoms with Gasteiger partial charge in [-0.15, -0.1) is 0 Å². The first-order chi connectivity index (χ1) is 7.42. The monoisotopic (exact) mass is 209 g/mol. The van der Waals surface area contributed by atoms with Gasteiger partial charge >= 0.3 is 0 Å². The lowest BCUT2D eigenvalue weighted by Crippen LogP contribution is -2.32. The normalized spacial score (nSPS) is 44.0. The van der Waals surface area contributed by atoms with Crippen LogP contribution in [0.1, 0.15) is 38.5 Å². The van der Waals surface area contributed by atoms with Gasteiger partial charge in [0.25, 0.3) is 0 Å². The van der Waals surface area contributed by atoms with Crippen molar-refractivity contribution in [1.29, 1.82) is 0 Å². The Hall–Kier alpha value is -0.0800. The first-order valence-corrected chi connectivity index (χ1v) is 6.74. The minimum absolute atomic E-state index is 0.517. The molecule has 0 aromatic carbocycles. The zero-order chi connectivity index (χ0) is 10.1. The fraction of sp³-hybridized carbons (Fsp3) is 1.00. The van der Waals surface area contributed by atoms with Crippen LogP contribution in [0.25, 0.3) is 0 Å². The summed E-state index contributed by atoms with van der Waals surface area (Å²) in [5.74, 6) is 3.14. The van der Waals surface area contributed by atoms with Crippen LogP contribution in [0.5, 0.6) is 0 Å². The summed E-state index contributed by atoms with van der Waals surface area (Å²) in [7, 11) is 0. The molecule has 86 valence electrons. The van der Waals surface area contributed by atoms with Crippen LogP contribution < -0.4 is 5.32 Å². The fourth-order valence-corrected chi connectivity index (χ4v) is 3.86. The fourth-order valence-electron chi connectivity index (χ4n) is 3.86. The van der Waals surface area contributed by atoms with Crippen molar-refractivity contribution in [3.8, 4) is 0 Å². The number of fused-ring (bicyclic) bond motifs is 2. The largest absolute Gasteiger partial charge is 0.377 e. The maximum Gasteiger partial charge on any atom is 0.0700 e. The van der Waals surface area contributed by atoms with Gasteiger partial charge in [0.15, 0.2) is 0 Å². The third kappa shape index (κ3) is 2.21. The number of hydrogen-bond donors (Lipinski definition) is 1. The molecule has 0 amide bonds. The van der Waals surface area contributed by atoms with Gasteiger partial charge in [-0.05, 0) is 56.4 Å². The Morgan fingerprint density at radius 1 is 1.07 bits per heavy atom. The van der Waals surface area contributed by atoms with Crippen molar-refractivity contribution in [1.82, 2.24) is 5.32 Å². The molecule has 3 aliphatic rings. The Balaban J connectivity index is 1.36. The maximum atomic E-state index is 5.62. The topological polar surface area (TPSA) is 21.3 Å². The highest BCUT2D eigenvalue weighted by Gasteiger charge is 2.38. The summed E-state index contributed by atoms with van der Waals surface area (Å²) in [6, 6.07) is 0. The standard InChI is InChI=1S/C13H23NO/c1-2-13(15-5-1)9-14-8-12-7-10-3-4-11(12)6-10/h10-14H,1-9H2. The van der Waals surface area contributed by atoms with Crippen LogP contribution in [0, 0.1) is 17.8 Å². The lowest BCUT2D eigenvalue weighted by atomic mass is 9.89. The second-order valence-corrected chi connectivity index (χ2v) is 5.73. The van der Waals surface area contributed by atoms with Crippen LogP contribution in [0.3, 0.4) is 0 Å². The first-order valence-electron chi connectivity index (χ1n) is 6.74. The van der Waals surface area contributed by atoms with Gasteiger partial charge in [0.1, 0.15) is 0 Å². The molecular formula is C13H23NO. The van der Waals surface area contributed by atoms with E-state index in [9.17, 15) is 0 Å². The predicted octanol–water partition coefficient (Wildman–Crippen LogP) is 2.19. The highest BCUT2D eigenvalue weighted by molar-refractivity contribution is 4.90. The Morgan fingerprint density at radius 3 is 2.73 bits per heavy atom. The minimum atomic E-state index is 0.517. The van der Waals surface area contributed by atoms with E-state index in [1.54, 1.807) is 0 Å².